The second-order valence-corrected chi connectivity index (χ2v) is 9.05. The van der Waals surface area contributed by atoms with Crippen LogP contribution in [0.1, 0.15) is 54.1 Å². The van der Waals surface area contributed by atoms with E-state index in [-0.39, 0.29) is 36.8 Å². The lowest BCUT2D eigenvalue weighted by Gasteiger charge is -2.24. The molecule has 0 fully saturated rings. The molecule has 0 spiro atoms. The third kappa shape index (κ3) is 5.29. The van der Waals surface area contributed by atoms with Gasteiger partial charge in [-0.15, -0.1) is 0 Å². The van der Waals surface area contributed by atoms with Crippen LogP contribution < -0.4 is 10.2 Å². The minimum absolute atomic E-state index is 0.0896. The van der Waals surface area contributed by atoms with Crippen molar-refractivity contribution in [3.8, 4) is 0 Å². The Morgan fingerprint density at radius 1 is 1.03 bits per heavy atom. The molecule has 2 amide bonds. The van der Waals surface area contributed by atoms with Crippen LogP contribution in [-0.2, 0) is 27.2 Å². The van der Waals surface area contributed by atoms with Crippen molar-refractivity contribution in [2.45, 2.75) is 45.7 Å². The molecule has 1 aliphatic heterocycles. The van der Waals surface area contributed by atoms with Gasteiger partial charge in [-0.3, -0.25) is 14.5 Å². The van der Waals surface area contributed by atoms with Crippen LogP contribution in [0.5, 0.6) is 0 Å². The molecule has 2 heterocycles. The van der Waals surface area contributed by atoms with Crippen LogP contribution in [-0.4, -0.2) is 35.4 Å². The Labute approximate surface area is 205 Å². The number of rotatable bonds is 8. The minimum Gasteiger partial charge on any atom is -0.464 e. The van der Waals surface area contributed by atoms with E-state index in [0.29, 0.717) is 17.8 Å². The third-order valence-electron chi connectivity index (χ3n) is 6.22. The number of amides is 2. The van der Waals surface area contributed by atoms with Crippen LogP contribution in [0.4, 0.5) is 5.69 Å². The normalized spacial score (nSPS) is 15.5. The topological polar surface area (TPSA) is 91.5 Å². The first kappa shape index (κ1) is 24.3. The molecule has 7 nitrogen and oxygen atoms in total. The van der Waals surface area contributed by atoms with Crippen molar-refractivity contribution < 1.29 is 19.1 Å². The van der Waals surface area contributed by atoms with E-state index in [2.05, 4.69) is 10.3 Å². The smallest absolute Gasteiger partial charge is 0.329 e. The summed E-state index contributed by atoms with van der Waals surface area (Å²) in [6.45, 7) is 6.03. The maximum atomic E-state index is 13.6. The van der Waals surface area contributed by atoms with Gasteiger partial charge in [0.25, 0.3) is 5.91 Å². The first-order valence-electron chi connectivity index (χ1n) is 12.0. The number of ether oxygens (including phenoxy) is 1. The number of H-pyrrole nitrogens is 1. The largest absolute Gasteiger partial charge is 0.464 e. The standard InChI is InChI=1S/C28H31N3O4/c1-4-35-28(34)24-17-20-12-8-9-13-23(20)31(24)27(33)22-15-14-21(29-22)26(18(2)3)30-25(32)16-19-10-6-5-7-11-19/h5-15,18,24,26,29H,4,16-17H2,1-3H3,(H,30,32)/t24-,26-/m0/s1. The summed E-state index contributed by atoms with van der Waals surface area (Å²) in [5.41, 5.74) is 3.67. The number of aromatic amines is 1. The van der Waals surface area contributed by atoms with Gasteiger partial charge >= 0.3 is 5.97 Å². The van der Waals surface area contributed by atoms with Gasteiger partial charge in [-0.2, -0.15) is 0 Å². The summed E-state index contributed by atoms with van der Waals surface area (Å²) in [5, 5.41) is 3.09. The molecule has 7 heteroatoms. The molecule has 2 aromatic carbocycles. The molecule has 182 valence electrons. The second-order valence-electron chi connectivity index (χ2n) is 9.05. The number of carbonyl (C=O) groups is 3. The lowest BCUT2D eigenvalue weighted by atomic mass is 10.0. The van der Waals surface area contributed by atoms with Crippen molar-refractivity contribution in [1.29, 1.82) is 0 Å². The Morgan fingerprint density at radius 2 is 1.74 bits per heavy atom. The second kappa shape index (κ2) is 10.6. The SMILES string of the molecule is CCOC(=O)[C@@H]1Cc2ccccc2N1C(=O)c1ccc([C@@H](NC(=O)Cc2ccccc2)C(C)C)[nH]1. The summed E-state index contributed by atoms with van der Waals surface area (Å²) in [6.07, 6.45) is 0.695. The van der Waals surface area contributed by atoms with Crippen LogP contribution in [0.3, 0.4) is 0 Å². The highest BCUT2D eigenvalue weighted by Crippen LogP contribution is 2.34. The Kier molecular flexibility index (Phi) is 7.34. The van der Waals surface area contributed by atoms with Gasteiger partial charge in [0.2, 0.25) is 5.91 Å². The van der Waals surface area contributed by atoms with E-state index in [1.807, 2.05) is 74.5 Å². The number of benzene rings is 2. The number of hydrogen-bond donors (Lipinski definition) is 2. The van der Waals surface area contributed by atoms with Gasteiger partial charge in [-0.25, -0.2) is 4.79 Å². The average molecular weight is 474 g/mol. The fourth-order valence-corrected chi connectivity index (χ4v) is 4.52. The van der Waals surface area contributed by atoms with Gasteiger partial charge < -0.3 is 15.0 Å². The fourth-order valence-electron chi connectivity index (χ4n) is 4.52. The number of carbonyl (C=O) groups excluding carboxylic acids is 3. The summed E-state index contributed by atoms with van der Waals surface area (Å²) < 4.78 is 5.25. The quantitative estimate of drug-likeness (QED) is 0.480. The highest BCUT2D eigenvalue weighted by atomic mass is 16.5. The highest BCUT2D eigenvalue weighted by Gasteiger charge is 2.40. The molecule has 0 aliphatic carbocycles. The van der Waals surface area contributed by atoms with Crippen molar-refractivity contribution in [3.63, 3.8) is 0 Å². The van der Waals surface area contributed by atoms with Gasteiger partial charge in [-0.05, 0) is 42.2 Å². The summed E-state index contributed by atoms with van der Waals surface area (Å²) in [4.78, 5) is 43.7. The number of anilines is 1. The van der Waals surface area contributed by atoms with Gasteiger partial charge in [0.1, 0.15) is 11.7 Å². The molecule has 3 aromatic rings. The van der Waals surface area contributed by atoms with Crippen molar-refractivity contribution in [2.24, 2.45) is 5.92 Å². The maximum absolute atomic E-state index is 13.6. The van der Waals surface area contributed by atoms with E-state index >= 15 is 0 Å². The van der Waals surface area contributed by atoms with Gasteiger partial charge in [0.15, 0.2) is 0 Å². The lowest BCUT2D eigenvalue weighted by molar-refractivity contribution is -0.144. The molecule has 35 heavy (non-hydrogen) atoms. The lowest BCUT2D eigenvalue weighted by Crippen LogP contribution is -2.44. The molecule has 0 bridgehead atoms. The van der Waals surface area contributed by atoms with E-state index in [1.165, 1.54) is 4.90 Å². The Hall–Kier alpha value is -3.87. The number of nitrogens with zero attached hydrogens (tertiary/aromatic N) is 1. The zero-order valence-corrected chi connectivity index (χ0v) is 20.3. The summed E-state index contributed by atoms with van der Waals surface area (Å²) in [6, 6.07) is 19.6. The van der Waals surface area contributed by atoms with E-state index in [9.17, 15) is 14.4 Å². The molecule has 2 atom stereocenters. The fraction of sp³-hybridized carbons (Fsp3) is 0.321. The van der Waals surface area contributed by atoms with Crippen molar-refractivity contribution in [1.82, 2.24) is 10.3 Å². The number of nitrogens with one attached hydrogen (secondary N) is 2. The van der Waals surface area contributed by atoms with Crippen LogP contribution in [0, 0.1) is 5.92 Å². The first-order valence-corrected chi connectivity index (χ1v) is 12.0. The highest BCUT2D eigenvalue weighted by molar-refractivity contribution is 6.10. The van der Waals surface area contributed by atoms with E-state index in [1.54, 1.807) is 13.0 Å². The Balaban J connectivity index is 1.55. The molecule has 0 radical (unpaired) electrons. The van der Waals surface area contributed by atoms with Crippen molar-refractivity contribution in [2.75, 3.05) is 11.5 Å². The number of fused-ring (bicyclic) bond motifs is 1. The Bertz CT molecular complexity index is 1200. The Morgan fingerprint density at radius 3 is 2.46 bits per heavy atom. The molecular weight excluding hydrogens is 442 g/mol. The minimum atomic E-state index is -0.710. The monoisotopic (exact) mass is 473 g/mol. The number of hydrogen-bond acceptors (Lipinski definition) is 4. The van der Waals surface area contributed by atoms with Crippen LogP contribution in [0.25, 0.3) is 0 Å². The molecular formula is C28H31N3O4. The van der Waals surface area contributed by atoms with Crippen LogP contribution in [0.2, 0.25) is 0 Å². The number of aromatic nitrogens is 1. The number of esters is 1. The molecule has 2 N–H and O–H groups in total. The first-order chi connectivity index (χ1) is 16.9. The average Bonchev–Trinajstić information content (AvgIpc) is 3.48. The van der Waals surface area contributed by atoms with Crippen molar-refractivity contribution in [3.05, 3.63) is 89.2 Å². The van der Waals surface area contributed by atoms with Gasteiger partial charge in [-0.1, -0.05) is 62.4 Å². The van der Waals surface area contributed by atoms with Gasteiger partial charge in [0.05, 0.1) is 19.1 Å². The maximum Gasteiger partial charge on any atom is 0.329 e. The molecule has 1 aliphatic rings. The van der Waals surface area contributed by atoms with Crippen LogP contribution >= 0.6 is 0 Å². The van der Waals surface area contributed by atoms with Crippen LogP contribution in [0.15, 0.2) is 66.7 Å². The van der Waals surface area contributed by atoms with Gasteiger partial charge in [0, 0.05) is 17.8 Å². The van der Waals surface area contributed by atoms with Crippen molar-refractivity contribution >= 4 is 23.5 Å². The van der Waals surface area contributed by atoms with E-state index in [4.69, 9.17) is 4.74 Å². The predicted molar refractivity (Wildman–Crippen MR) is 134 cm³/mol. The zero-order valence-electron chi connectivity index (χ0n) is 20.3. The third-order valence-corrected chi connectivity index (χ3v) is 6.22. The van der Waals surface area contributed by atoms with E-state index in [0.717, 1.165) is 16.8 Å². The molecule has 1 aromatic heterocycles. The molecule has 0 unspecified atom stereocenters. The zero-order chi connectivity index (χ0) is 24.9. The van der Waals surface area contributed by atoms with E-state index < -0.39 is 12.0 Å². The summed E-state index contributed by atoms with van der Waals surface area (Å²) in [7, 11) is 0. The predicted octanol–water partition coefficient (Wildman–Crippen LogP) is 4.21. The number of para-hydroxylation sites is 1. The summed E-state index contributed by atoms with van der Waals surface area (Å²) >= 11 is 0. The molecule has 4 rings (SSSR count). The summed E-state index contributed by atoms with van der Waals surface area (Å²) in [5.74, 6) is -0.723. The molecule has 0 saturated heterocycles. The molecule has 0 saturated carbocycles.